The molecule has 1 rings (SSSR count). The maximum atomic E-state index is 2.18. The predicted octanol–water partition coefficient (Wildman–Crippen LogP) is 0.728. The summed E-state index contributed by atoms with van der Waals surface area (Å²) in [5, 5.41) is 0. The summed E-state index contributed by atoms with van der Waals surface area (Å²) in [7, 11) is 0. The van der Waals surface area contributed by atoms with Crippen molar-refractivity contribution in [3.63, 3.8) is 0 Å². The van der Waals surface area contributed by atoms with Crippen LogP contribution in [0.2, 0.25) is 0 Å². The first-order valence-corrected chi connectivity index (χ1v) is 3.20. The first-order chi connectivity index (χ1) is 2.89. The van der Waals surface area contributed by atoms with Crippen molar-refractivity contribution in [3.05, 3.63) is 21.5 Å². The van der Waals surface area contributed by atoms with Crippen molar-refractivity contribution in [2.75, 3.05) is 0 Å². The minimum atomic E-state index is 0. The minimum absolute atomic E-state index is 0. The van der Waals surface area contributed by atoms with Gasteiger partial charge in [-0.05, 0) is 0 Å². The van der Waals surface area contributed by atoms with Crippen molar-refractivity contribution in [3.8, 4) is 0 Å². The van der Waals surface area contributed by atoms with E-state index >= 15 is 0 Å². The van der Waals surface area contributed by atoms with Gasteiger partial charge in [0.1, 0.15) is 0 Å². The molecule has 0 heterocycles. The van der Waals surface area contributed by atoms with Gasteiger partial charge in [0.2, 0.25) is 0 Å². The van der Waals surface area contributed by atoms with E-state index in [1.807, 2.05) is 0 Å². The molecule has 0 amide bonds. The van der Waals surface area contributed by atoms with E-state index in [2.05, 4.69) is 18.2 Å². The molecule has 0 fully saturated rings. The summed E-state index contributed by atoms with van der Waals surface area (Å²) in [5.41, 5.74) is 0. The van der Waals surface area contributed by atoms with Gasteiger partial charge in [-0.25, -0.2) is 0 Å². The molecule has 0 atom stereocenters. The van der Waals surface area contributed by atoms with Gasteiger partial charge in [-0.1, -0.05) is 0 Å². The molecule has 0 bridgehead atoms. The molecule has 0 aromatic carbocycles. The van der Waals surface area contributed by atoms with Crippen molar-refractivity contribution in [1.29, 1.82) is 0 Å². The first kappa shape index (κ1) is 7.96. The first-order valence-electron chi connectivity index (χ1n) is 1.97. The van der Waals surface area contributed by atoms with E-state index in [1.165, 1.54) is 6.42 Å². The number of rotatable bonds is 0. The molecule has 0 unspecified atom stereocenters. The second-order valence-corrected chi connectivity index (χ2v) is 2.90. The molecule has 1 aliphatic rings. The van der Waals surface area contributed by atoms with Crippen LogP contribution in [0.25, 0.3) is 0 Å². The Morgan fingerprint density at radius 1 is 1.57 bits per heavy atom. The molecular formula is C5H6LiZr. The molecule has 0 N–H and O–H groups in total. The zero-order valence-corrected chi connectivity index (χ0v) is 5.90. The Morgan fingerprint density at radius 2 is 2.29 bits per heavy atom. The fourth-order valence-corrected chi connectivity index (χ4v) is 0.973. The van der Waals surface area contributed by atoms with E-state index in [9.17, 15) is 0 Å². The Kier molecular flexibility index (Phi) is 4.44. The number of hydrogen-bond acceptors (Lipinski definition) is 0. The summed E-state index contributed by atoms with van der Waals surface area (Å²) < 4.78 is 1.56. The van der Waals surface area contributed by atoms with Crippen LogP contribution in [0, 0.1) is 0 Å². The van der Waals surface area contributed by atoms with Crippen LogP contribution < -0.4 is 0 Å². The fourth-order valence-electron chi connectivity index (χ4n) is 0.447. The Morgan fingerprint density at radius 3 is 2.43 bits per heavy atom. The third-order valence-electron chi connectivity index (χ3n) is 0.771. The van der Waals surface area contributed by atoms with Crippen LogP contribution in [0.1, 0.15) is 6.42 Å². The molecule has 0 nitrogen and oxygen atoms in total. The standard InChI is InChI=1S/C5H5.Li.Zr.H/c1-2-4-5-3-1;;;/h1-3H,4H2;;;. The quantitative estimate of drug-likeness (QED) is 0.463. The summed E-state index contributed by atoms with van der Waals surface area (Å²) in [4.78, 5) is 0. The van der Waals surface area contributed by atoms with Gasteiger partial charge in [0.05, 0.1) is 0 Å². The molecule has 0 radical (unpaired) electrons. The van der Waals surface area contributed by atoms with Gasteiger partial charge in [-0.3, -0.25) is 0 Å². The van der Waals surface area contributed by atoms with Crippen LogP contribution in [0.3, 0.4) is 0 Å². The average molecular weight is 164 g/mol. The van der Waals surface area contributed by atoms with Gasteiger partial charge in [0.25, 0.3) is 0 Å². The molecule has 0 saturated heterocycles. The number of allylic oxidation sites excluding steroid dienone is 4. The second kappa shape index (κ2) is 3.90. The Hall–Kier alpha value is 0.961. The van der Waals surface area contributed by atoms with E-state index < -0.39 is 0 Å². The third-order valence-corrected chi connectivity index (χ3v) is 1.68. The predicted molar refractivity (Wildman–Crippen MR) is 29.0 cm³/mol. The summed E-state index contributed by atoms with van der Waals surface area (Å²) >= 11 is 1.56. The van der Waals surface area contributed by atoms with Gasteiger partial charge >= 0.3 is 71.5 Å². The Balaban J connectivity index is 0.000000360. The molecule has 0 aliphatic heterocycles. The molecule has 2 heteroatoms. The van der Waals surface area contributed by atoms with Crippen molar-refractivity contribution >= 4 is 18.9 Å². The number of hydrogen-bond donors (Lipinski definition) is 0. The second-order valence-electron chi connectivity index (χ2n) is 1.32. The molecule has 1 aliphatic carbocycles. The van der Waals surface area contributed by atoms with Gasteiger partial charge < -0.3 is 0 Å². The summed E-state index contributed by atoms with van der Waals surface area (Å²) in [6, 6.07) is 0. The van der Waals surface area contributed by atoms with Gasteiger partial charge in [0.15, 0.2) is 0 Å². The van der Waals surface area contributed by atoms with Crippen molar-refractivity contribution in [2.24, 2.45) is 0 Å². The van der Waals surface area contributed by atoms with Crippen LogP contribution >= 0.6 is 0 Å². The monoisotopic (exact) mass is 163 g/mol. The zero-order valence-electron chi connectivity index (χ0n) is 3.44. The molecule has 31 valence electrons. The van der Waals surface area contributed by atoms with E-state index in [0.29, 0.717) is 0 Å². The molecular weight excluding hydrogens is 158 g/mol. The molecule has 7 heavy (non-hydrogen) atoms. The molecule has 0 spiro atoms. The zero-order chi connectivity index (χ0) is 4.41. The van der Waals surface area contributed by atoms with Gasteiger partial charge in [-0.15, -0.1) is 0 Å². The normalized spacial score (nSPS) is 15.6. The van der Waals surface area contributed by atoms with Crippen molar-refractivity contribution in [2.45, 2.75) is 6.42 Å². The van der Waals surface area contributed by atoms with Crippen LogP contribution in [0.15, 0.2) is 21.5 Å². The Bertz CT molecular complexity index is 105. The molecule has 0 aromatic rings. The SMILES string of the molecule is [LiH].[Zr][C]1=CC=CC1. The average Bonchev–Trinajstić information content (AvgIpc) is 1.86. The van der Waals surface area contributed by atoms with Gasteiger partial charge in [-0.2, -0.15) is 0 Å². The van der Waals surface area contributed by atoms with E-state index in [-0.39, 0.29) is 18.9 Å². The van der Waals surface area contributed by atoms with Crippen molar-refractivity contribution < 1.29 is 24.7 Å². The molecule has 0 aromatic heterocycles. The molecule has 0 saturated carbocycles. The van der Waals surface area contributed by atoms with Crippen LogP contribution in [0.4, 0.5) is 0 Å². The van der Waals surface area contributed by atoms with E-state index in [4.69, 9.17) is 0 Å². The van der Waals surface area contributed by atoms with E-state index in [1.54, 1.807) is 28.0 Å². The van der Waals surface area contributed by atoms with Crippen LogP contribution in [-0.2, 0) is 24.7 Å². The van der Waals surface area contributed by atoms with Crippen LogP contribution in [0.5, 0.6) is 0 Å². The summed E-state index contributed by atoms with van der Waals surface area (Å²) in [6.07, 6.45) is 7.69. The topological polar surface area (TPSA) is 0 Å². The van der Waals surface area contributed by atoms with Crippen LogP contribution in [-0.4, -0.2) is 18.9 Å². The van der Waals surface area contributed by atoms with Gasteiger partial charge in [0, 0.05) is 0 Å². The Labute approximate surface area is 71.1 Å². The fraction of sp³-hybridized carbons (Fsp3) is 0.200. The van der Waals surface area contributed by atoms with E-state index in [0.717, 1.165) is 0 Å². The maximum absolute atomic E-state index is 2.18. The van der Waals surface area contributed by atoms with Crippen molar-refractivity contribution in [1.82, 2.24) is 0 Å². The third kappa shape index (κ3) is 2.70. The summed E-state index contributed by atoms with van der Waals surface area (Å²) in [5.74, 6) is 0. The summed E-state index contributed by atoms with van der Waals surface area (Å²) in [6.45, 7) is 0.